The van der Waals surface area contributed by atoms with Gasteiger partial charge in [0.1, 0.15) is 0 Å². The molecule has 0 bridgehead atoms. The summed E-state index contributed by atoms with van der Waals surface area (Å²) in [5.41, 5.74) is 0. The Bertz CT molecular complexity index is 244. The Morgan fingerprint density at radius 3 is 1.25 bits per heavy atom. The Balaban J connectivity index is 3.69. The third-order valence-corrected chi connectivity index (χ3v) is 5.83. The Labute approximate surface area is 158 Å². The lowest BCUT2D eigenvalue weighted by Crippen LogP contribution is -2.46. The van der Waals surface area contributed by atoms with E-state index in [0.717, 1.165) is 6.04 Å². The summed E-state index contributed by atoms with van der Waals surface area (Å²) >= 11 is 0. The van der Waals surface area contributed by atoms with Gasteiger partial charge in [0, 0.05) is 10.2 Å². The van der Waals surface area contributed by atoms with Crippen LogP contribution in [0.15, 0.2) is 0 Å². The van der Waals surface area contributed by atoms with E-state index in [0.29, 0.717) is 0 Å². The molecule has 0 saturated carbocycles. The Kier molecular flexibility index (Phi) is 18.1. The van der Waals surface area contributed by atoms with Gasteiger partial charge in [0.15, 0.2) is 0 Å². The highest BCUT2D eigenvalue weighted by atomic mass is 28.1. The summed E-state index contributed by atoms with van der Waals surface area (Å²) < 4.78 is 1.31. The number of unbranched alkanes of at least 4 members (excludes halogenated alkanes) is 12. The molecule has 0 aliphatic carbocycles. The summed E-state index contributed by atoms with van der Waals surface area (Å²) in [6.45, 7) is 8.75. The minimum atomic E-state index is 1.15. The van der Waals surface area contributed by atoms with Crippen LogP contribution in [0.1, 0.15) is 110 Å². The van der Waals surface area contributed by atoms with Crippen molar-refractivity contribution in [3.8, 4) is 0 Å². The minimum absolute atomic E-state index is 1.15. The molecule has 1 atom stereocenters. The van der Waals surface area contributed by atoms with Gasteiger partial charge in [-0.05, 0) is 32.1 Å². The first-order valence-corrected chi connectivity index (χ1v) is 11.9. The van der Waals surface area contributed by atoms with Crippen LogP contribution in [-0.4, -0.2) is 41.4 Å². The average Bonchev–Trinajstić information content (AvgIpc) is 2.59. The Morgan fingerprint density at radius 2 is 0.833 bits per heavy atom. The van der Waals surface area contributed by atoms with Crippen molar-refractivity contribution in [2.24, 2.45) is 0 Å². The molecule has 0 N–H and O–H groups in total. The Morgan fingerprint density at radius 1 is 0.500 bits per heavy atom. The van der Waals surface area contributed by atoms with Crippen molar-refractivity contribution in [3.05, 3.63) is 0 Å². The number of quaternary nitrogens is 1. The molecule has 0 fully saturated rings. The van der Waals surface area contributed by atoms with Crippen LogP contribution in [0.3, 0.4) is 0 Å². The Hall–Kier alpha value is 0.177. The summed E-state index contributed by atoms with van der Waals surface area (Å²) in [4.78, 5) is 0. The van der Waals surface area contributed by atoms with E-state index in [1.54, 1.807) is 0 Å². The first-order valence-electron chi connectivity index (χ1n) is 11.2. The van der Waals surface area contributed by atoms with Crippen molar-refractivity contribution >= 4 is 10.2 Å². The first kappa shape index (κ1) is 24.2. The highest BCUT2D eigenvalue weighted by Gasteiger charge is 2.19. The first-order chi connectivity index (χ1) is 11.7. The summed E-state index contributed by atoms with van der Waals surface area (Å²) in [7, 11) is 6.17. The molecule has 0 amide bonds. The fourth-order valence-electron chi connectivity index (χ4n) is 3.70. The molecule has 24 heavy (non-hydrogen) atoms. The van der Waals surface area contributed by atoms with E-state index in [4.69, 9.17) is 0 Å². The van der Waals surface area contributed by atoms with Crippen molar-refractivity contribution in [1.29, 1.82) is 0 Å². The van der Waals surface area contributed by atoms with Crippen LogP contribution in [0.5, 0.6) is 0 Å². The maximum Gasteiger partial charge on any atom is 0.0784 e. The number of nitrogens with zero attached hydrogens (tertiary/aromatic N) is 1. The van der Waals surface area contributed by atoms with Gasteiger partial charge in [-0.2, -0.15) is 0 Å². The quantitative estimate of drug-likeness (QED) is 0.134. The third kappa shape index (κ3) is 15.7. The molecule has 3 radical (unpaired) electrons. The van der Waals surface area contributed by atoms with E-state index in [-0.39, 0.29) is 0 Å². The van der Waals surface area contributed by atoms with E-state index >= 15 is 0 Å². The lowest BCUT2D eigenvalue weighted by molar-refractivity contribution is -0.910. The molecule has 0 spiro atoms. The highest BCUT2D eigenvalue weighted by Crippen LogP contribution is 2.15. The van der Waals surface area contributed by atoms with Crippen LogP contribution >= 0.6 is 0 Å². The third-order valence-electron chi connectivity index (χ3n) is 5.48. The lowest BCUT2D eigenvalue weighted by Gasteiger charge is -2.35. The van der Waals surface area contributed by atoms with E-state index in [1.807, 2.05) is 0 Å². The predicted molar refractivity (Wildman–Crippen MR) is 112 cm³/mol. The molecular formula is C22H47NSi+. The maximum atomic E-state index is 3.67. The molecule has 143 valence electrons. The van der Waals surface area contributed by atoms with Gasteiger partial charge in [0.05, 0.1) is 26.7 Å². The minimum Gasteiger partial charge on any atom is -0.326 e. The normalized spacial score (nSPS) is 14.0. The zero-order valence-corrected chi connectivity index (χ0v) is 18.4. The van der Waals surface area contributed by atoms with Crippen LogP contribution in [0, 0.1) is 0 Å². The lowest BCUT2D eigenvalue weighted by atomic mass is 10.1. The second-order valence-corrected chi connectivity index (χ2v) is 8.64. The number of hydrogen-bond acceptors (Lipinski definition) is 0. The van der Waals surface area contributed by atoms with Gasteiger partial charge in [0.2, 0.25) is 0 Å². The van der Waals surface area contributed by atoms with Gasteiger partial charge in [-0.3, -0.25) is 0 Å². The molecule has 0 aliphatic rings. The van der Waals surface area contributed by atoms with E-state index in [1.165, 1.54) is 120 Å². The molecule has 1 unspecified atom stereocenters. The summed E-state index contributed by atoms with van der Waals surface area (Å²) in [6.07, 6.45) is 21.4. The van der Waals surface area contributed by atoms with Crippen LogP contribution in [0.4, 0.5) is 0 Å². The topological polar surface area (TPSA) is 0 Å². The zero-order chi connectivity index (χ0) is 17.9. The van der Waals surface area contributed by atoms with E-state index in [9.17, 15) is 0 Å². The molecule has 0 heterocycles. The molecule has 0 rings (SSSR count). The largest absolute Gasteiger partial charge is 0.326 e. The monoisotopic (exact) mass is 353 g/mol. The van der Waals surface area contributed by atoms with Gasteiger partial charge >= 0.3 is 0 Å². The second-order valence-electron chi connectivity index (χ2n) is 8.14. The highest BCUT2D eigenvalue weighted by molar-refractivity contribution is 6.08. The fourth-order valence-corrected chi connectivity index (χ4v) is 3.86. The van der Waals surface area contributed by atoms with Crippen molar-refractivity contribution < 1.29 is 4.48 Å². The van der Waals surface area contributed by atoms with E-state index in [2.05, 4.69) is 31.1 Å². The van der Waals surface area contributed by atoms with Crippen molar-refractivity contribution in [1.82, 2.24) is 0 Å². The molecule has 0 aliphatic heterocycles. The molecule has 0 aromatic rings. The number of rotatable bonds is 19. The molecular weight excluding hydrogens is 306 g/mol. The second kappa shape index (κ2) is 18.0. The van der Waals surface area contributed by atoms with Crippen molar-refractivity contribution in [2.45, 2.75) is 116 Å². The van der Waals surface area contributed by atoms with Gasteiger partial charge < -0.3 is 4.48 Å². The predicted octanol–water partition coefficient (Wildman–Crippen LogP) is 6.91. The standard InChI is InChI=1S/C22H47NSi/c1-4-6-8-10-11-12-13-14-15-17-20-23(3,21-18-22-24)19-16-9-7-5-2/h4-22H2,1-3H3/q+1. The van der Waals surface area contributed by atoms with Crippen LogP contribution in [-0.2, 0) is 0 Å². The van der Waals surface area contributed by atoms with Crippen molar-refractivity contribution in [3.63, 3.8) is 0 Å². The summed E-state index contributed by atoms with van der Waals surface area (Å²) in [6, 6.07) is 1.15. The van der Waals surface area contributed by atoms with Gasteiger partial charge in [-0.25, -0.2) is 0 Å². The van der Waals surface area contributed by atoms with E-state index < -0.39 is 0 Å². The molecule has 0 saturated heterocycles. The smallest absolute Gasteiger partial charge is 0.0784 e. The van der Waals surface area contributed by atoms with Gasteiger partial charge in [-0.15, -0.1) is 0 Å². The summed E-state index contributed by atoms with van der Waals surface area (Å²) in [5.74, 6) is 0. The SMILES string of the molecule is CCCCCCCCCCCC[N+](C)(CCC[Si])CCCCCC. The van der Waals surface area contributed by atoms with Crippen LogP contribution in [0.25, 0.3) is 0 Å². The molecule has 1 nitrogen and oxygen atoms in total. The molecule has 0 aromatic heterocycles. The molecule has 2 heteroatoms. The van der Waals surface area contributed by atoms with Crippen LogP contribution in [0.2, 0.25) is 6.04 Å². The summed E-state index contributed by atoms with van der Waals surface area (Å²) in [5, 5.41) is 0. The fraction of sp³-hybridized carbons (Fsp3) is 1.00. The molecule has 0 aromatic carbocycles. The van der Waals surface area contributed by atoms with Gasteiger partial charge in [0.25, 0.3) is 0 Å². The average molecular weight is 354 g/mol. The van der Waals surface area contributed by atoms with Gasteiger partial charge in [-0.1, -0.05) is 84.1 Å². The maximum absolute atomic E-state index is 3.67. The zero-order valence-electron chi connectivity index (χ0n) is 17.4. The van der Waals surface area contributed by atoms with Crippen molar-refractivity contribution in [2.75, 3.05) is 26.7 Å². The number of hydrogen-bond donors (Lipinski definition) is 0. The van der Waals surface area contributed by atoms with Crippen LogP contribution < -0.4 is 0 Å².